The summed E-state index contributed by atoms with van der Waals surface area (Å²) in [5.41, 5.74) is 0. The third-order valence-electron chi connectivity index (χ3n) is 2.34. The molecule has 0 aliphatic rings. The number of hydrogen-bond donors (Lipinski definition) is 2. The van der Waals surface area contributed by atoms with Crippen LogP contribution >= 0.6 is 0 Å². The first-order chi connectivity index (χ1) is 7.13. The lowest BCUT2D eigenvalue weighted by molar-refractivity contribution is -0.128. The van der Waals surface area contributed by atoms with Gasteiger partial charge in [-0.1, -0.05) is 13.8 Å². The first-order valence-corrected chi connectivity index (χ1v) is 5.69. The van der Waals surface area contributed by atoms with Crippen LogP contribution in [0.3, 0.4) is 0 Å². The molecule has 2 N–H and O–H groups in total. The minimum Gasteiger partial charge on any atom is -0.367 e. The maximum atomic E-state index is 11.4. The summed E-state index contributed by atoms with van der Waals surface area (Å²) in [5, 5.41) is 5.93. The molecule has 0 bridgehead atoms. The molecular formula is C11H24N2O2. The second kappa shape index (κ2) is 8.68. The zero-order chi connectivity index (χ0) is 11.7. The molecule has 0 spiro atoms. The van der Waals surface area contributed by atoms with Gasteiger partial charge >= 0.3 is 0 Å². The van der Waals surface area contributed by atoms with Gasteiger partial charge in [0.05, 0.1) is 6.10 Å². The fourth-order valence-corrected chi connectivity index (χ4v) is 1.33. The molecule has 1 unspecified atom stereocenters. The second-order valence-electron chi connectivity index (χ2n) is 3.76. The van der Waals surface area contributed by atoms with E-state index in [1.54, 1.807) is 0 Å². The van der Waals surface area contributed by atoms with Gasteiger partial charge in [0.25, 0.3) is 0 Å². The van der Waals surface area contributed by atoms with Gasteiger partial charge in [-0.2, -0.15) is 0 Å². The predicted octanol–water partition coefficient (Wildman–Crippen LogP) is 0.916. The molecule has 90 valence electrons. The summed E-state index contributed by atoms with van der Waals surface area (Å²) in [6, 6.07) is 0.278. The van der Waals surface area contributed by atoms with Gasteiger partial charge in [-0.05, 0) is 26.8 Å². The highest BCUT2D eigenvalue weighted by Crippen LogP contribution is 1.96. The van der Waals surface area contributed by atoms with Crippen molar-refractivity contribution in [2.75, 3.05) is 20.2 Å². The number of likely N-dealkylation sites (N-methyl/N-ethyl adjacent to an activating group) is 1. The number of rotatable bonds is 8. The summed E-state index contributed by atoms with van der Waals surface area (Å²) in [4.78, 5) is 11.4. The summed E-state index contributed by atoms with van der Waals surface area (Å²) < 4.78 is 5.36. The summed E-state index contributed by atoms with van der Waals surface area (Å²) in [7, 11) is 1.87. The van der Waals surface area contributed by atoms with E-state index in [2.05, 4.69) is 24.5 Å². The molecule has 0 aliphatic heterocycles. The largest absolute Gasteiger partial charge is 0.367 e. The Morgan fingerprint density at radius 3 is 2.40 bits per heavy atom. The van der Waals surface area contributed by atoms with Gasteiger partial charge in [0.15, 0.2) is 0 Å². The minimum absolute atomic E-state index is 0.0216. The van der Waals surface area contributed by atoms with Crippen molar-refractivity contribution in [3.63, 3.8) is 0 Å². The fraction of sp³-hybridized carbons (Fsp3) is 0.909. The highest BCUT2D eigenvalue weighted by atomic mass is 16.5. The molecule has 0 radical (unpaired) electrons. The quantitative estimate of drug-likeness (QED) is 0.634. The standard InChI is InChI=1S/C11H24N2O2/c1-5-10(6-2)13-11(14)8-15-9(3)7-12-4/h9-10,12H,5-8H2,1-4H3,(H,13,14). The van der Waals surface area contributed by atoms with Crippen molar-refractivity contribution in [3.8, 4) is 0 Å². The lowest BCUT2D eigenvalue weighted by atomic mass is 10.2. The molecule has 0 saturated carbocycles. The molecule has 1 amide bonds. The zero-order valence-corrected chi connectivity index (χ0v) is 10.3. The van der Waals surface area contributed by atoms with Gasteiger partial charge in [-0.3, -0.25) is 4.79 Å². The molecule has 0 aromatic carbocycles. The van der Waals surface area contributed by atoms with E-state index in [1.165, 1.54) is 0 Å². The van der Waals surface area contributed by atoms with E-state index in [4.69, 9.17) is 4.74 Å². The molecule has 0 saturated heterocycles. The van der Waals surface area contributed by atoms with Crippen molar-refractivity contribution in [1.82, 2.24) is 10.6 Å². The molecule has 1 atom stereocenters. The average Bonchev–Trinajstić information content (AvgIpc) is 2.23. The number of carbonyl (C=O) groups excluding carboxylic acids is 1. The van der Waals surface area contributed by atoms with Crippen molar-refractivity contribution in [2.45, 2.75) is 45.8 Å². The average molecular weight is 216 g/mol. The summed E-state index contributed by atoms with van der Waals surface area (Å²) >= 11 is 0. The van der Waals surface area contributed by atoms with Crippen molar-refractivity contribution < 1.29 is 9.53 Å². The molecule has 0 aromatic rings. The maximum Gasteiger partial charge on any atom is 0.246 e. The Balaban J connectivity index is 3.64. The second-order valence-corrected chi connectivity index (χ2v) is 3.76. The Kier molecular flexibility index (Phi) is 8.33. The van der Waals surface area contributed by atoms with Crippen LogP contribution in [0.2, 0.25) is 0 Å². The van der Waals surface area contributed by atoms with Crippen molar-refractivity contribution in [3.05, 3.63) is 0 Å². The van der Waals surface area contributed by atoms with Crippen LogP contribution in [-0.2, 0) is 9.53 Å². The number of ether oxygens (including phenoxy) is 1. The fourth-order valence-electron chi connectivity index (χ4n) is 1.33. The topological polar surface area (TPSA) is 50.4 Å². The third kappa shape index (κ3) is 7.33. The molecule has 4 heteroatoms. The van der Waals surface area contributed by atoms with E-state index in [0.717, 1.165) is 19.4 Å². The zero-order valence-electron chi connectivity index (χ0n) is 10.3. The smallest absolute Gasteiger partial charge is 0.246 e. The minimum atomic E-state index is -0.0216. The van der Waals surface area contributed by atoms with Crippen LogP contribution < -0.4 is 10.6 Å². The van der Waals surface area contributed by atoms with Crippen LogP contribution in [0.1, 0.15) is 33.6 Å². The van der Waals surface area contributed by atoms with Gasteiger partial charge in [0.2, 0.25) is 5.91 Å². The monoisotopic (exact) mass is 216 g/mol. The lowest BCUT2D eigenvalue weighted by Gasteiger charge is -2.16. The normalized spacial score (nSPS) is 12.9. The first-order valence-electron chi connectivity index (χ1n) is 5.69. The molecule has 0 aromatic heterocycles. The first kappa shape index (κ1) is 14.4. The summed E-state index contributed by atoms with van der Waals surface area (Å²) in [6.07, 6.45) is 2.00. The van der Waals surface area contributed by atoms with E-state index in [1.807, 2.05) is 14.0 Å². The van der Waals surface area contributed by atoms with Crippen LogP contribution in [-0.4, -0.2) is 38.3 Å². The van der Waals surface area contributed by atoms with Gasteiger partial charge in [0.1, 0.15) is 6.61 Å². The van der Waals surface area contributed by atoms with Crippen LogP contribution in [0.5, 0.6) is 0 Å². The molecule has 4 nitrogen and oxygen atoms in total. The molecule has 15 heavy (non-hydrogen) atoms. The molecule has 0 heterocycles. The van der Waals surface area contributed by atoms with Crippen molar-refractivity contribution in [1.29, 1.82) is 0 Å². The SMILES string of the molecule is CCC(CC)NC(=O)COC(C)CNC. The lowest BCUT2D eigenvalue weighted by Crippen LogP contribution is -2.38. The van der Waals surface area contributed by atoms with Crippen molar-refractivity contribution >= 4 is 5.91 Å². The van der Waals surface area contributed by atoms with E-state index in [0.29, 0.717) is 0 Å². The molecule has 0 fully saturated rings. The van der Waals surface area contributed by atoms with Crippen LogP contribution in [0.15, 0.2) is 0 Å². The third-order valence-corrected chi connectivity index (χ3v) is 2.34. The Morgan fingerprint density at radius 1 is 1.33 bits per heavy atom. The summed E-state index contributed by atoms with van der Waals surface area (Å²) in [5.74, 6) is -0.0216. The van der Waals surface area contributed by atoms with Crippen LogP contribution in [0.4, 0.5) is 0 Å². The van der Waals surface area contributed by atoms with Crippen LogP contribution in [0.25, 0.3) is 0 Å². The van der Waals surface area contributed by atoms with Gasteiger partial charge < -0.3 is 15.4 Å². The predicted molar refractivity (Wildman–Crippen MR) is 61.9 cm³/mol. The Bertz CT molecular complexity index is 170. The number of carbonyl (C=O) groups is 1. The molecule has 0 aliphatic carbocycles. The van der Waals surface area contributed by atoms with Gasteiger partial charge in [0, 0.05) is 12.6 Å². The van der Waals surface area contributed by atoms with Gasteiger partial charge in [-0.25, -0.2) is 0 Å². The van der Waals surface area contributed by atoms with E-state index < -0.39 is 0 Å². The van der Waals surface area contributed by atoms with Crippen LogP contribution in [0, 0.1) is 0 Å². The number of nitrogens with one attached hydrogen (secondary N) is 2. The van der Waals surface area contributed by atoms with Crippen molar-refractivity contribution in [2.24, 2.45) is 0 Å². The van der Waals surface area contributed by atoms with E-state index >= 15 is 0 Å². The highest BCUT2D eigenvalue weighted by Gasteiger charge is 2.09. The Morgan fingerprint density at radius 2 is 1.93 bits per heavy atom. The summed E-state index contributed by atoms with van der Waals surface area (Å²) in [6.45, 7) is 7.00. The maximum absolute atomic E-state index is 11.4. The number of hydrogen-bond acceptors (Lipinski definition) is 3. The highest BCUT2D eigenvalue weighted by molar-refractivity contribution is 5.77. The Hall–Kier alpha value is -0.610. The van der Waals surface area contributed by atoms with E-state index in [-0.39, 0.29) is 24.7 Å². The van der Waals surface area contributed by atoms with E-state index in [9.17, 15) is 4.79 Å². The van der Waals surface area contributed by atoms with Gasteiger partial charge in [-0.15, -0.1) is 0 Å². The molecule has 0 rings (SSSR count). The Labute approximate surface area is 92.8 Å². The molecular weight excluding hydrogens is 192 g/mol. The number of amides is 1.